The summed E-state index contributed by atoms with van der Waals surface area (Å²) in [6.07, 6.45) is 0.762. The normalized spacial score (nSPS) is 10.6. The third kappa shape index (κ3) is 5.02. The lowest BCUT2D eigenvalue weighted by molar-refractivity contribution is -0.121. The van der Waals surface area contributed by atoms with Crippen molar-refractivity contribution >= 4 is 35.6 Å². The molecule has 0 fully saturated rings. The molecule has 2 rings (SSSR count). The summed E-state index contributed by atoms with van der Waals surface area (Å²) in [6, 6.07) is 1.34. The summed E-state index contributed by atoms with van der Waals surface area (Å²) in [5.41, 5.74) is -0.131. The zero-order chi connectivity index (χ0) is 20.1. The van der Waals surface area contributed by atoms with E-state index < -0.39 is 0 Å². The summed E-state index contributed by atoms with van der Waals surface area (Å²) in [7, 11) is 5.15. The predicted molar refractivity (Wildman–Crippen MR) is 108 cm³/mol. The maximum atomic E-state index is 12.9. The summed E-state index contributed by atoms with van der Waals surface area (Å²) < 4.78 is 10.7. The Labute approximate surface area is 168 Å². The smallest absolute Gasteiger partial charge is 0.220 e. The molecule has 1 aromatic heterocycles. The SMILES string of the molecule is COc1cc2c(=O)c(CCC(=O)NCCN(C)C)c(C)oc2c(C=O)c1O.Cl. The number of phenols is 1. The molecule has 154 valence electrons. The van der Waals surface area contributed by atoms with Gasteiger partial charge < -0.3 is 24.5 Å². The number of fused-ring (bicyclic) bond motifs is 1. The Morgan fingerprint density at radius 2 is 2.07 bits per heavy atom. The van der Waals surface area contributed by atoms with Crippen LogP contribution in [0.4, 0.5) is 0 Å². The number of aryl methyl sites for hydroxylation is 1. The minimum Gasteiger partial charge on any atom is -0.504 e. The van der Waals surface area contributed by atoms with Crippen LogP contribution in [0.1, 0.15) is 28.1 Å². The number of rotatable bonds is 8. The molecule has 0 saturated carbocycles. The van der Waals surface area contributed by atoms with E-state index in [0.717, 1.165) is 6.54 Å². The molecule has 1 aromatic carbocycles. The molecule has 0 atom stereocenters. The van der Waals surface area contributed by atoms with E-state index >= 15 is 0 Å². The van der Waals surface area contributed by atoms with Gasteiger partial charge in [-0.15, -0.1) is 12.4 Å². The highest BCUT2D eigenvalue weighted by Gasteiger charge is 2.20. The molecule has 28 heavy (non-hydrogen) atoms. The van der Waals surface area contributed by atoms with E-state index in [-0.39, 0.29) is 64.6 Å². The highest BCUT2D eigenvalue weighted by atomic mass is 35.5. The summed E-state index contributed by atoms with van der Waals surface area (Å²) in [6.45, 7) is 2.84. The van der Waals surface area contributed by atoms with Crippen LogP contribution in [-0.4, -0.2) is 56.5 Å². The average molecular weight is 413 g/mol. The van der Waals surface area contributed by atoms with Crippen molar-refractivity contribution in [1.82, 2.24) is 10.2 Å². The second-order valence-corrected chi connectivity index (χ2v) is 6.45. The summed E-state index contributed by atoms with van der Waals surface area (Å²) in [4.78, 5) is 38.1. The van der Waals surface area contributed by atoms with Crippen molar-refractivity contribution in [3.05, 3.63) is 33.2 Å². The zero-order valence-corrected chi connectivity index (χ0v) is 17.1. The quantitative estimate of drug-likeness (QED) is 0.634. The number of nitrogens with zero attached hydrogens (tertiary/aromatic N) is 1. The van der Waals surface area contributed by atoms with Crippen molar-refractivity contribution in [2.45, 2.75) is 19.8 Å². The van der Waals surface area contributed by atoms with Crippen molar-refractivity contribution < 1.29 is 23.8 Å². The minimum absolute atomic E-state index is 0. The van der Waals surface area contributed by atoms with Crippen molar-refractivity contribution in [2.75, 3.05) is 34.3 Å². The van der Waals surface area contributed by atoms with Gasteiger partial charge in [0.05, 0.1) is 12.5 Å². The van der Waals surface area contributed by atoms with Crippen molar-refractivity contribution in [1.29, 1.82) is 0 Å². The first-order chi connectivity index (χ1) is 12.8. The van der Waals surface area contributed by atoms with Gasteiger partial charge in [0, 0.05) is 25.1 Å². The zero-order valence-electron chi connectivity index (χ0n) is 16.3. The van der Waals surface area contributed by atoms with Crippen LogP contribution in [0.25, 0.3) is 11.0 Å². The van der Waals surface area contributed by atoms with Crippen molar-refractivity contribution in [3.63, 3.8) is 0 Å². The number of hydrogen-bond acceptors (Lipinski definition) is 7. The fourth-order valence-electron chi connectivity index (χ4n) is 2.77. The fourth-order valence-corrected chi connectivity index (χ4v) is 2.77. The number of likely N-dealkylation sites (N-methyl/N-ethyl adjacent to an activating group) is 1. The largest absolute Gasteiger partial charge is 0.504 e. The van der Waals surface area contributed by atoms with E-state index in [1.54, 1.807) is 6.92 Å². The summed E-state index contributed by atoms with van der Waals surface area (Å²) in [5, 5.41) is 13.0. The van der Waals surface area contributed by atoms with E-state index in [1.807, 2.05) is 19.0 Å². The molecule has 0 aliphatic rings. The first kappa shape index (κ1) is 23.5. The first-order valence-corrected chi connectivity index (χ1v) is 8.53. The molecule has 0 unspecified atom stereocenters. The number of carbonyl (C=O) groups excluding carboxylic acids is 2. The summed E-state index contributed by atoms with van der Waals surface area (Å²) >= 11 is 0. The number of amides is 1. The van der Waals surface area contributed by atoms with Gasteiger partial charge in [0.1, 0.15) is 11.3 Å². The molecule has 0 spiro atoms. The maximum absolute atomic E-state index is 12.9. The van der Waals surface area contributed by atoms with Gasteiger partial charge in [-0.25, -0.2) is 0 Å². The molecule has 0 bridgehead atoms. The highest BCUT2D eigenvalue weighted by Crippen LogP contribution is 2.35. The van der Waals surface area contributed by atoms with E-state index in [0.29, 0.717) is 24.2 Å². The molecule has 0 aliphatic heterocycles. The maximum Gasteiger partial charge on any atom is 0.220 e. The molecule has 8 nitrogen and oxygen atoms in total. The predicted octanol–water partition coefficient (Wildman–Crippen LogP) is 1.66. The van der Waals surface area contributed by atoms with Crippen LogP contribution < -0.4 is 15.5 Å². The number of ether oxygens (including phenoxy) is 1. The molecule has 1 heterocycles. The molecule has 9 heteroatoms. The molecule has 2 aromatic rings. The topological polar surface area (TPSA) is 109 Å². The Morgan fingerprint density at radius 3 is 2.64 bits per heavy atom. The number of methoxy groups -OCH3 is 1. The number of halogens is 1. The Bertz CT molecular complexity index is 923. The molecule has 0 saturated heterocycles. The number of phenolic OH excluding ortho intramolecular Hbond substituents is 1. The molecule has 0 radical (unpaired) electrons. The molecular weight excluding hydrogens is 388 g/mol. The van der Waals surface area contributed by atoms with E-state index in [2.05, 4.69) is 5.32 Å². The van der Waals surface area contributed by atoms with Crippen LogP contribution in [0, 0.1) is 6.92 Å². The van der Waals surface area contributed by atoms with E-state index in [1.165, 1.54) is 13.2 Å². The number of carbonyl (C=O) groups is 2. The lowest BCUT2D eigenvalue weighted by atomic mass is 10.0. The molecule has 0 aliphatic carbocycles. The Morgan fingerprint density at radius 1 is 1.39 bits per heavy atom. The van der Waals surface area contributed by atoms with Gasteiger partial charge in [-0.1, -0.05) is 0 Å². The van der Waals surface area contributed by atoms with Crippen LogP contribution in [-0.2, 0) is 11.2 Å². The second-order valence-electron chi connectivity index (χ2n) is 6.45. The van der Waals surface area contributed by atoms with Gasteiger partial charge in [0.2, 0.25) is 5.91 Å². The average Bonchev–Trinajstić information content (AvgIpc) is 2.61. The number of aldehydes is 1. The van der Waals surface area contributed by atoms with Gasteiger partial charge in [0.25, 0.3) is 0 Å². The Balaban J connectivity index is 0.00000392. The monoisotopic (exact) mass is 412 g/mol. The number of hydrogen-bond donors (Lipinski definition) is 2. The Kier molecular flexibility index (Phi) is 8.46. The molecule has 1 amide bonds. The number of nitrogens with one attached hydrogen (secondary N) is 1. The molecule has 2 N–H and O–H groups in total. The number of aromatic hydroxyl groups is 1. The van der Waals surface area contributed by atoms with Gasteiger partial charge in [0.15, 0.2) is 28.8 Å². The van der Waals surface area contributed by atoms with Gasteiger partial charge >= 0.3 is 0 Å². The van der Waals surface area contributed by atoms with Gasteiger partial charge in [-0.3, -0.25) is 14.4 Å². The third-order valence-electron chi connectivity index (χ3n) is 4.27. The van der Waals surface area contributed by atoms with Gasteiger partial charge in [-0.05, 0) is 33.5 Å². The first-order valence-electron chi connectivity index (χ1n) is 8.53. The van der Waals surface area contributed by atoms with E-state index in [9.17, 15) is 19.5 Å². The highest BCUT2D eigenvalue weighted by molar-refractivity contribution is 5.99. The minimum atomic E-state index is -0.379. The lowest BCUT2D eigenvalue weighted by Gasteiger charge is -2.12. The summed E-state index contributed by atoms with van der Waals surface area (Å²) in [5.74, 6) is -0.224. The van der Waals surface area contributed by atoms with Crippen molar-refractivity contribution in [3.8, 4) is 11.5 Å². The van der Waals surface area contributed by atoms with E-state index in [4.69, 9.17) is 9.15 Å². The number of benzene rings is 1. The van der Waals surface area contributed by atoms with Crippen LogP contribution in [0.2, 0.25) is 0 Å². The van der Waals surface area contributed by atoms with Crippen LogP contribution in [0.5, 0.6) is 11.5 Å². The van der Waals surface area contributed by atoms with Gasteiger partial charge in [-0.2, -0.15) is 0 Å². The lowest BCUT2D eigenvalue weighted by Crippen LogP contribution is -2.31. The van der Waals surface area contributed by atoms with Crippen molar-refractivity contribution in [2.24, 2.45) is 0 Å². The Hall–Kier alpha value is -2.58. The third-order valence-corrected chi connectivity index (χ3v) is 4.27. The fraction of sp³-hybridized carbons (Fsp3) is 0.421. The standard InChI is InChI=1S/C19H24N2O6.ClH/c1-11-12(5-6-16(23)20-7-8-21(2)3)17(24)13-9-15(26-4)18(25)14(10-22)19(13)27-11;/h9-10,25H,5-8H2,1-4H3,(H,20,23);1H. The second kappa shape index (κ2) is 10.1. The van der Waals surface area contributed by atoms with Crippen LogP contribution in [0.15, 0.2) is 15.3 Å². The molecular formula is C19H25ClN2O6. The van der Waals surface area contributed by atoms with Crippen LogP contribution >= 0.6 is 12.4 Å². The van der Waals surface area contributed by atoms with Crippen LogP contribution in [0.3, 0.4) is 0 Å².